The number of nitrogens with one attached hydrogen (secondary N) is 1. The van der Waals surface area contributed by atoms with Gasteiger partial charge in [-0.1, -0.05) is 35.5 Å². The van der Waals surface area contributed by atoms with E-state index in [4.69, 9.17) is 19.1 Å². The number of hydrogen-bond acceptors (Lipinski definition) is 9. The molecule has 0 aliphatic carbocycles. The number of carbonyl (C=O) groups excluding carboxylic acids is 4. The Labute approximate surface area is 275 Å². The van der Waals surface area contributed by atoms with Gasteiger partial charge in [0, 0.05) is 44.8 Å². The number of halogens is 2. The maximum Gasteiger partial charge on any atom is 0.514 e. The molecule has 1 fully saturated rings. The Balaban J connectivity index is 0.00000177. The maximum atomic E-state index is 14.3. The van der Waals surface area contributed by atoms with Gasteiger partial charge < -0.3 is 33.9 Å². The summed E-state index contributed by atoms with van der Waals surface area (Å²) in [6, 6.07) is 9.27. The monoisotopic (exact) mass is 666 g/mol. The van der Waals surface area contributed by atoms with Gasteiger partial charge in [0.05, 0.1) is 11.8 Å². The number of ether oxygens (including phenoxy) is 2. The predicted octanol–water partition coefficient (Wildman–Crippen LogP) is 4.86. The Morgan fingerprint density at radius 2 is 1.90 bits per heavy atom. The summed E-state index contributed by atoms with van der Waals surface area (Å²) in [6.07, 6.45) is 1.54. The van der Waals surface area contributed by atoms with Gasteiger partial charge in [0.1, 0.15) is 30.6 Å². The van der Waals surface area contributed by atoms with Crippen LogP contribution in [0.2, 0.25) is 0 Å². The number of carbonyl (C=O) groups is 4. The number of benzene rings is 2. The number of aromatic nitrogens is 1. The van der Waals surface area contributed by atoms with Crippen molar-refractivity contribution in [1.29, 1.82) is 0 Å². The van der Waals surface area contributed by atoms with Crippen molar-refractivity contribution in [1.82, 2.24) is 14.8 Å². The normalized spacial score (nSPS) is 20.8. The third-order valence-electron chi connectivity index (χ3n) is 8.92. The first-order chi connectivity index (χ1) is 23.0. The van der Waals surface area contributed by atoms with E-state index in [1.54, 1.807) is 17.0 Å². The molecular weight excluding hydrogens is 630 g/mol. The van der Waals surface area contributed by atoms with Crippen LogP contribution in [-0.4, -0.2) is 58.1 Å². The molecule has 0 radical (unpaired) electrons. The fourth-order valence-electron chi connectivity index (χ4n) is 6.32. The van der Waals surface area contributed by atoms with Crippen LogP contribution in [0.1, 0.15) is 78.1 Å². The smallest absolute Gasteiger partial charge is 0.429 e. The third-order valence-corrected chi connectivity index (χ3v) is 8.92. The van der Waals surface area contributed by atoms with Crippen LogP contribution >= 0.6 is 0 Å². The highest BCUT2D eigenvalue weighted by molar-refractivity contribution is 6.00. The van der Waals surface area contributed by atoms with Gasteiger partial charge in [0.15, 0.2) is 11.3 Å². The van der Waals surface area contributed by atoms with Crippen LogP contribution in [0.5, 0.6) is 5.75 Å². The number of nitrogens with zero attached hydrogens (tertiary/aromatic N) is 3. The molecule has 3 aliphatic rings. The largest absolute Gasteiger partial charge is 0.514 e. The minimum Gasteiger partial charge on any atom is -0.429 e. The molecule has 4 heterocycles. The highest BCUT2D eigenvalue weighted by atomic mass is 19.1. The third kappa shape index (κ3) is 6.42. The molecule has 2 bridgehead atoms. The lowest BCUT2D eigenvalue weighted by Gasteiger charge is -2.42. The number of fused-ring (bicyclic) bond motifs is 5. The van der Waals surface area contributed by atoms with Crippen LogP contribution in [0.3, 0.4) is 0 Å². The van der Waals surface area contributed by atoms with E-state index in [1.165, 1.54) is 16.8 Å². The lowest BCUT2D eigenvalue weighted by atomic mass is 9.84. The highest BCUT2D eigenvalue weighted by Crippen LogP contribution is 2.46. The molecule has 6 rings (SSSR count). The fourth-order valence-corrected chi connectivity index (χ4v) is 6.32. The summed E-state index contributed by atoms with van der Waals surface area (Å²) in [5, 5.41) is 6.67. The average molecular weight is 667 g/mol. The standard InChI is InChI=1S/C33H32F2N4O7.CH2O.H2/c1-18-6-4-5-7-22(18)17-44-32(43)45-29-27-31(42)38-16-26(33(11-10-20(38)3)13-19(2)37-46-33)39(27)15-24(28(29)40)30(41)36-14-21-8-9-23(34)12-25(21)35;1-2;/h4-9,12,15,20,26H,10-11,13-14,16-17H2,1-3H3,(H,36,41);1H2;1H/t20-,26+,33-;;/m0../s1. The second-order valence-electron chi connectivity index (χ2n) is 12.0. The van der Waals surface area contributed by atoms with E-state index in [0.717, 1.165) is 17.3 Å². The van der Waals surface area contributed by atoms with Crippen molar-refractivity contribution >= 4 is 30.5 Å². The SMILES string of the molecule is C=O.CC1=NO[C@@]2(CC[C@H](C)N3C[C@H]2n2cc(C(=O)NCc4ccc(F)cc4F)c(=O)c(OC(=O)OCc4ccccc4C)c2C3=O)C1.[HH]. The molecule has 1 aromatic heterocycles. The Morgan fingerprint density at radius 1 is 1.15 bits per heavy atom. The quantitative estimate of drug-likeness (QED) is 0.368. The number of aryl methyl sites for hydroxylation is 1. The minimum absolute atomic E-state index is 0. The van der Waals surface area contributed by atoms with Gasteiger partial charge in [-0.25, -0.2) is 13.6 Å². The van der Waals surface area contributed by atoms with Crippen LogP contribution in [0.25, 0.3) is 0 Å². The molecule has 3 aromatic rings. The van der Waals surface area contributed by atoms with Gasteiger partial charge >= 0.3 is 6.16 Å². The molecule has 12 nitrogen and oxygen atoms in total. The van der Waals surface area contributed by atoms with Gasteiger partial charge in [0.2, 0.25) is 11.2 Å². The first kappa shape index (κ1) is 33.9. The summed E-state index contributed by atoms with van der Waals surface area (Å²) in [5.41, 5.74) is -0.318. The molecule has 3 atom stereocenters. The average Bonchev–Trinajstić information content (AvgIpc) is 3.40. The van der Waals surface area contributed by atoms with Gasteiger partial charge in [-0.15, -0.1) is 0 Å². The molecule has 0 unspecified atom stereocenters. The van der Waals surface area contributed by atoms with Crippen LogP contribution in [-0.2, 0) is 27.5 Å². The topological polar surface area (TPSA) is 146 Å². The summed E-state index contributed by atoms with van der Waals surface area (Å²) < 4.78 is 40.0. The maximum absolute atomic E-state index is 14.3. The van der Waals surface area contributed by atoms with Crippen molar-refractivity contribution < 1.29 is 43.7 Å². The van der Waals surface area contributed by atoms with E-state index in [0.29, 0.717) is 30.9 Å². The van der Waals surface area contributed by atoms with Gasteiger partial charge in [0.25, 0.3) is 11.8 Å². The second kappa shape index (κ2) is 13.8. The second-order valence-corrected chi connectivity index (χ2v) is 12.0. The Hall–Kier alpha value is -5.40. The van der Waals surface area contributed by atoms with Crippen LogP contribution in [0, 0.1) is 18.6 Å². The van der Waals surface area contributed by atoms with E-state index in [-0.39, 0.29) is 38.4 Å². The number of pyridine rings is 1. The Bertz CT molecular complexity index is 1870. The van der Waals surface area contributed by atoms with Crippen LogP contribution in [0.4, 0.5) is 13.6 Å². The number of amides is 2. The lowest BCUT2D eigenvalue weighted by Crippen LogP contribution is -2.52. The predicted molar refractivity (Wildman–Crippen MR) is 170 cm³/mol. The first-order valence-electron chi connectivity index (χ1n) is 15.2. The van der Waals surface area contributed by atoms with E-state index >= 15 is 0 Å². The zero-order chi connectivity index (χ0) is 34.7. The van der Waals surface area contributed by atoms with Crippen molar-refractivity contribution in [2.75, 3.05) is 6.54 Å². The molecule has 254 valence electrons. The molecule has 48 heavy (non-hydrogen) atoms. The highest BCUT2D eigenvalue weighted by Gasteiger charge is 2.54. The molecule has 0 saturated carbocycles. The Kier molecular flexibility index (Phi) is 9.73. The van der Waals surface area contributed by atoms with Crippen LogP contribution < -0.4 is 15.5 Å². The molecule has 1 spiro atoms. The Morgan fingerprint density at radius 3 is 2.58 bits per heavy atom. The molecule has 1 N–H and O–H groups in total. The van der Waals surface area contributed by atoms with E-state index < -0.39 is 58.0 Å². The van der Waals surface area contributed by atoms with Crippen molar-refractivity contribution in [3.8, 4) is 5.75 Å². The first-order valence-corrected chi connectivity index (χ1v) is 15.2. The summed E-state index contributed by atoms with van der Waals surface area (Å²) in [6.45, 7) is 7.22. The number of hydrogen-bond donors (Lipinski definition) is 1. The summed E-state index contributed by atoms with van der Waals surface area (Å²) in [7, 11) is 0. The van der Waals surface area contributed by atoms with Crippen molar-refractivity contribution in [3.63, 3.8) is 0 Å². The van der Waals surface area contributed by atoms with Crippen molar-refractivity contribution in [2.45, 2.75) is 70.9 Å². The zero-order valence-electron chi connectivity index (χ0n) is 26.6. The molecule has 3 aliphatic heterocycles. The van der Waals surface area contributed by atoms with Gasteiger partial charge in [-0.2, -0.15) is 0 Å². The van der Waals surface area contributed by atoms with Crippen molar-refractivity contribution in [2.24, 2.45) is 5.16 Å². The fraction of sp³-hybridized carbons (Fsp3) is 0.353. The van der Waals surface area contributed by atoms with Gasteiger partial charge in [-0.05, 0) is 50.8 Å². The van der Waals surface area contributed by atoms with E-state index in [9.17, 15) is 28.0 Å². The van der Waals surface area contributed by atoms with Crippen molar-refractivity contribution in [3.05, 3.63) is 98.5 Å². The molecular formula is C34H36F2N4O8. The summed E-state index contributed by atoms with van der Waals surface area (Å²) >= 11 is 0. The molecule has 2 aromatic carbocycles. The summed E-state index contributed by atoms with van der Waals surface area (Å²) in [5.74, 6) is -3.81. The zero-order valence-corrected chi connectivity index (χ0v) is 26.6. The molecule has 2 amide bonds. The molecule has 1 saturated heterocycles. The van der Waals surface area contributed by atoms with E-state index in [2.05, 4.69) is 10.5 Å². The minimum atomic E-state index is -1.25. The summed E-state index contributed by atoms with van der Waals surface area (Å²) in [4.78, 5) is 70.0. The molecule has 14 heteroatoms. The van der Waals surface area contributed by atoms with E-state index in [1.807, 2.05) is 39.7 Å². The van der Waals surface area contributed by atoms with Gasteiger partial charge in [-0.3, -0.25) is 14.4 Å². The lowest BCUT2D eigenvalue weighted by molar-refractivity contribution is -0.0980. The number of rotatable bonds is 6. The number of oxime groups is 1. The van der Waals surface area contributed by atoms with Crippen LogP contribution in [0.15, 0.2) is 58.6 Å².